The van der Waals surface area contributed by atoms with Gasteiger partial charge in [0, 0.05) is 36.6 Å². The lowest BCUT2D eigenvalue weighted by Gasteiger charge is -2.27. The fraction of sp³-hybridized carbons (Fsp3) is 0.500. The first-order chi connectivity index (χ1) is 12.1. The number of fused-ring (bicyclic) bond motifs is 1. The van der Waals surface area contributed by atoms with Gasteiger partial charge in [-0.1, -0.05) is 18.2 Å². The van der Waals surface area contributed by atoms with E-state index in [1.165, 1.54) is 16.8 Å². The van der Waals surface area contributed by atoms with Gasteiger partial charge in [-0.25, -0.2) is 0 Å². The van der Waals surface area contributed by atoms with Crippen molar-refractivity contribution in [3.05, 3.63) is 46.8 Å². The van der Waals surface area contributed by atoms with E-state index in [4.69, 9.17) is 0 Å². The van der Waals surface area contributed by atoms with Gasteiger partial charge in [-0.3, -0.25) is 14.4 Å². The Balaban J connectivity index is 1.53. The summed E-state index contributed by atoms with van der Waals surface area (Å²) in [6.07, 6.45) is 3.21. The van der Waals surface area contributed by atoms with Crippen LogP contribution in [0, 0.1) is 13.8 Å². The molecule has 0 radical (unpaired) electrons. The third kappa shape index (κ3) is 2.76. The second-order valence-corrected chi connectivity index (χ2v) is 7.26. The number of para-hydroxylation sites is 1. The highest BCUT2D eigenvalue weighted by molar-refractivity contribution is 5.96. The Hall–Kier alpha value is -2.14. The predicted octanol–water partition coefficient (Wildman–Crippen LogP) is 2.76. The van der Waals surface area contributed by atoms with Crippen molar-refractivity contribution in [2.75, 3.05) is 24.5 Å². The molecule has 1 aromatic carbocycles. The van der Waals surface area contributed by atoms with E-state index in [0.29, 0.717) is 12.6 Å². The average Bonchev–Trinajstić information content (AvgIpc) is 3.27. The maximum Gasteiger partial charge on any atom is 0.241 e. The van der Waals surface area contributed by atoms with Crippen molar-refractivity contribution in [1.82, 2.24) is 14.7 Å². The summed E-state index contributed by atoms with van der Waals surface area (Å²) in [6, 6.07) is 8.58. The van der Waals surface area contributed by atoms with Crippen molar-refractivity contribution in [2.45, 2.75) is 39.2 Å². The first kappa shape index (κ1) is 16.3. The third-order valence-corrected chi connectivity index (χ3v) is 5.79. The second kappa shape index (κ2) is 6.30. The Morgan fingerprint density at radius 2 is 2.04 bits per heavy atom. The van der Waals surface area contributed by atoms with Gasteiger partial charge >= 0.3 is 0 Å². The lowest BCUT2D eigenvalue weighted by Crippen LogP contribution is -2.39. The largest absolute Gasteiger partial charge is 0.311 e. The number of carbonyl (C=O) groups excluding carboxylic acids is 1. The molecular formula is C20H26N4O. The molecule has 25 heavy (non-hydrogen) atoms. The molecule has 1 atom stereocenters. The van der Waals surface area contributed by atoms with Crippen molar-refractivity contribution in [3.8, 4) is 0 Å². The molecular weight excluding hydrogens is 312 g/mol. The number of carbonyl (C=O) groups is 1. The number of anilines is 1. The zero-order chi connectivity index (χ0) is 17.6. The van der Waals surface area contributed by atoms with Gasteiger partial charge in [-0.05, 0) is 51.3 Å². The van der Waals surface area contributed by atoms with E-state index in [0.717, 1.165) is 43.7 Å². The number of aryl methyl sites for hydroxylation is 2. The van der Waals surface area contributed by atoms with Crippen molar-refractivity contribution in [2.24, 2.45) is 7.05 Å². The summed E-state index contributed by atoms with van der Waals surface area (Å²) in [6.45, 7) is 6.50. The number of amides is 1. The minimum atomic E-state index is 0.219. The average molecular weight is 338 g/mol. The summed E-state index contributed by atoms with van der Waals surface area (Å²) < 4.78 is 1.96. The van der Waals surface area contributed by atoms with Gasteiger partial charge in [0.2, 0.25) is 5.91 Å². The van der Waals surface area contributed by atoms with Gasteiger partial charge < -0.3 is 4.90 Å². The Kier molecular flexibility index (Phi) is 4.12. The number of likely N-dealkylation sites (tertiary alicyclic amines) is 1. The molecule has 3 heterocycles. The molecule has 0 N–H and O–H groups in total. The minimum Gasteiger partial charge on any atom is -0.311 e. The van der Waals surface area contributed by atoms with Crippen LogP contribution in [0.2, 0.25) is 0 Å². The van der Waals surface area contributed by atoms with E-state index in [1.54, 1.807) is 0 Å². The Labute approximate surface area is 149 Å². The Morgan fingerprint density at radius 1 is 1.24 bits per heavy atom. The molecule has 1 fully saturated rings. The lowest BCUT2D eigenvalue weighted by molar-refractivity contribution is -0.119. The number of hydrogen-bond donors (Lipinski definition) is 0. The minimum absolute atomic E-state index is 0.219. The predicted molar refractivity (Wildman–Crippen MR) is 98.7 cm³/mol. The van der Waals surface area contributed by atoms with Crippen LogP contribution < -0.4 is 4.90 Å². The standard InChI is InChI=1S/C20H26N4O/c1-14-20(15(2)22(3)21-14)18-9-6-11-23(18)13-19(25)24-12-10-16-7-4-5-8-17(16)24/h4-5,7-8,18H,6,9-13H2,1-3H3. The third-order valence-electron chi connectivity index (χ3n) is 5.79. The second-order valence-electron chi connectivity index (χ2n) is 7.26. The molecule has 132 valence electrons. The number of rotatable bonds is 3. The van der Waals surface area contributed by atoms with Crippen LogP contribution in [0.25, 0.3) is 0 Å². The zero-order valence-corrected chi connectivity index (χ0v) is 15.3. The Bertz CT molecular complexity index is 810. The van der Waals surface area contributed by atoms with Gasteiger partial charge in [0.1, 0.15) is 0 Å². The molecule has 5 heteroatoms. The van der Waals surface area contributed by atoms with E-state index in [9.17, 15) is 4.79 Å². The molecule has 1 aromatic heterocycles. The Morgan fingerprint density at radius 3 is 2.80 bits per heavy atom. The molecule has 1 unspecified atom stereocenters. The van der Waals surface area contributed by atoms with Gasteiger partial charge in [0.15, 0.2) is 0 Å². The van der Waals surface area contributed by atoms with Gasteiger partial charge in [-0.2, -0.15) is 5.10 Å². The number of aromatic nitrogens is 2. The molecule has 2 aliphatic heterocycles. The van der Waals surface area contributed by atoms with Crippen LogP contribution in [0.1, 0.15) is 41.4 Å². The highest BCUT2D eigenvalue weighted by atomic mass is 16.2. The van der Waals surface area contributed by atoms with Crippen molar-refractivity contribution in [1.29, 1.82) is 0 Å². The molecule has 0 saturated carbocycles. The maximum atomic E-state index is 13.0. The normalized spacial score (nSPS) is 20.3. The fourth-order valence-corrected chi connectivity index (χ4v) is 4.47. The number of nitrogens with zero attached hydrogens (tertiary/aromatic N) is 4. The van der Waals surface area contributed by atoms with Gasteiger partial charge in [-0.15, -0.1) is 0 Å². The fourth-order valence-electron chi connectivity index (χ4n) is 4.47. The lowest BCUT2D eigenvalue weighted by atomic mass is 10.0. The summed E-state index contributed by atoms with van der Waals surface area (Å²) in [5.41, 5.74) is 6.00. The first-order valence-corrected chi connectivity index (χ1v) is 9.18. The van der Waals surface area contributed by atoms with E-state index in [2.05, 4.69) is 42.0 Å². The van der Waals surface area contributed by atoms with Crippen LogP contribution in [0.4, 0.5) is 5.69 Å². The SMILES string of the molecule is Cc1nn(C)c(C)c1C1CCCN1CC(=O)N1CCc2ccccc21. The number of hydrogen-bond acceptors (Lipinski definition) is 3. The van der Waals surface area contributed by atoms with Crippen LogP contribution >= 0.6 is 0 Å². The van der Waals surface area contributed by atoms with Crippen molar-refractivity contribution >= 4 is 11.6 Å². The molecule has 0 aliphatic carbocycles. The molecule has 5 nitrogen and oxygen atoms in total. The van der Waals surface area contributed by atoms with Crippen LogP contribution in [0.15, 0.2) is 24.3 Å². The zero-order valence-electron chi connectivity index (χ0n) is 15.3. The maximum absolute atomic E-state index is 13.0. The highest BCUT2D eigenvalue weighted by Gasteiger charge is 2.33. The molecule has 2 aliphatic rings. The van der Waals surface area contributed by atoms with Crippen molar-refractivity contribution in [3.63, 3.8) is 0 Å². The summed E-state index contributed by atoms with van der Waals surface area (Å²) >= 11 is 0. The van der Waals surface area contributed by atoms with E-state index < -0.39 is 0 Å². The molecule has 0 bridgehead atoms. The summed E-state index contributed by atoms with van der Waals surface area (Å²) in [5.74, 6) is 0.219. The molecule has 1 amide bonds. The van der Waals surface area contributed by atoms with E-state index >= 15 is 0 Å². The van der Waals surface area contributed by atoms with Gasteiger partial charge in [0.25, 0.3) is 0 Å². The quantitative estimate of drug-likeness (QED) is 0.864. The van der Waals surface area contributed by atoms with Crippen LogP contribution in [-0.2, 0) is 18.3 Å². The summed E-state index contributed by atoms with van der Waals surface area (Å²) in [4.78, 5) is 17.3. The van der Waals surface area contributed by atoms with Gasteiger partial charge in [0.05, 0.1) is 12.2 Å². The number of benzene rings is 1. The highest BCUT2D eigenvalue weighted by Crippen LogP contribution is 2.36. The van der Waals surface area contributed by atoms with Crippen LogP contribution in [0.3, 0.4) is 0 Å². The summed E-state index contributed by atoms with van der Waals surface area (Å²) in [5, 5.41) is 4.57. The topological polar surface area (TPSA) is 41.4 Å². The van der Waals surface area contributed by atoms with E-state index in [-0.39, 0.29) is 5.91 Å². The molecule has 2 aromatic rings. The van der Waals surface area contributed by atoms with Crippen LogP contribution in [-0.4, -0.2) is 40.2 Å². The molecule has 4 rings (SSSR count). The first-order valence-electron chi connectivity index (χ1n) is 9.18. The smallest absolute Gasteiger partial charge is 0.241 e. The monoisotopic (exact) mass is 338 g/mol. The molecule has 1 saturated heterocycles. The summed E-state index contributed by atoms with van der Waals surface area (Å²) in [7, 11) is 2.00. The van der Waals surface area contributed by atoms with Crippen LogP contribution in [0.5, 0.6) is 0 Å². The molecule has 0 spiro atoms. The van der Waals surface area contributed by atoms with E-state index in [1.807, 2.05) is 22.7 Å². The van der Waals surface area contributed by atoms with Crippen molar-refractivity contribution < 1.29 is 4.79 Å².